The average molecular weight is 373 g/mol. The van der Waals surface area contributed by atoms with Crippen LogP contribution in [0.25, 0.3) is 6.08 Å². The lowest BCUT2D eigenvalue weighted by atomic mass is 9.69. The van der Waals surface area contributed by atoms with Crippen LogP contribution in [0.1, 0.15) is 60.4 Å². The van der Waals surface area contributed by atoms with Crippen LogP contribution in [0.5, 0.6) is 0 Å². The highest BCUT2D eigenvalue weighted by Crippen LogP contribution is 2.44. The van der Waals surface area contributed by atoms with Gasteiger partial charge >= 0.3 is 0 Å². The molecule has 28 heavy (non-hydrogen) atoms. The van der Waals surface area contributed by atoms with E-state index in [0.717, 1.165) is 48.5 Å². The van der Waals surface area contributed by atoms with Crippen molar-refractivity contribution in [2.75, 3.05) is 13.1 Å². The minimum Gasteiger partial charge on any atom is -0.335 e. The number of amides is 1. The molecule has 0 bridgehead atoms. The molecule has 3 nitrogen and oxygen atoms in total. The maximum atomic E-state index is 13.6. The van der Waals surface area contributed by atoms with E-state index >= 15 is 0 Å². The summed E-state index contributed by atoms with van der Waals surface area (Å²) in [6.07, 6.45) is 9.11. The van der Waals surface area contributed by atoms with Crippen LogP contribution in [-0.4, -0.2) is 29.9 Å². The minimum atomic E-state index is 0.216. The molecule has 2 aromatic rings. The number of fused-ring (bicyclic) bond motifs is 2. The van der Waals surface area contributed by atoms with Gasteiger partial charge in [-0.15, -0.1) is 0 Å². The summed E-state index contributed by atoms with van der Waals surface area (Å²) in [5.41, 5.74) is 2.30. The van der Waals surface area contributed by atoms with Crippen LogP contribution in [0.4, 0.5) is 0 Å². The first-order valence-corrected chi connectivity index (χ1v) is 10.8. The predicted octanol–water partition coefficient (Wildman–Crippen LogP) is 3.68. The topological polar surface area (TPSA) is 32.7 Å². The van der Waals surface area contributed by atoms with E-state index in [1.165, 1.54) is 24.8 Å². The Morgan fingerprint density at radius 1 is 0.964 bits per heavy atom. The largest absolute Gasteiger partial charge is 0.335 e. The molecule has 2 aromatic carbocycles. The summed E-state index contributed by atoms with van der Waals surface area (Å²) >= 11 is 0. The monoisotopic (exact) mass is 372 g/mol. The van der Waals surface area contributed by atoms with Gasteiger partial charge in [-0.05, 0) is 55.2 Å². The summed E-state index contributed by atoms with van der Waals surface area (Å²) < 4.78 is 0. The number of nitrogens with zero attached hydrogens (tertiary/aromatic N) is 2. The standard InChI is InChI=1S/C25H28N2O/c28-25(22-11-6-13-23-20(22)12-7-16-26-23)27-17-15-19(18-8-2-1-3-9-18)21-10-4-5-14-24(21)27/h1-3,6,8-9,11-13,19,21,24H,4-5,7,10,14-17H2/t19-,21-,24-/m1/s1. The van der Waals surface area contributed by atoms with Gasteiger partial charge in [0.1, 0.15) is 0 Å². The third kappa shape index (κ3) is 3.07. The van der Waals surface area contributed by atoms with Crippen molar-refractivity contribution in [1.29, 1.82) is 0 Å². The first kappa shape index (κ1) is 17.7. The first-order chi connectivity index (χ1) is 13.8. The highest BCUT2D eigenvalue weighted by Gasteiger charge is 2.42. The Kier molecular flexibility index (Phi) is 4.76. The smallest absolute Gasteiger partial charge is 0.254 e. The minimum absolute atomic E-state index is 0.216. The van der Waals surface area contributed by atoms with Crippen molar-refractivity contribution in [1.82, 2.24) is 4.90 Å². The number of piperidine rings is 1. The van der Waals surface area contributed by atoms with Gasteiger partial charge in [0.15, 0.2) is 0 Å². The van der Waals surface area contributed by atoms with Crippen LogP contribution in [0, 0.1) is 5.92 Å². The Labute approximate surface area is 166 Å². The van der Waals surface area contributed by atoms with Crippen molar-refractivity contribution in [3.63, 3.8) is 0 Å². The van der Waals surface area contributed by atoms with Gasteiger partial charge in [0.25, 0.3) is 5.91 Å². The molecule has 1 saturated carbocycles. The van der Waals surface area contributed by atoms with E-state index < -0.39 is 0 Å². The maximum Gasteiger partial charge on any atom is 0.254 e. The fourth-order valence-corrected chi connectivity index (χ4v) is 5.66. The second kappa shape index (κ2) is 7.54. The summed E-state index contributed by atoms with van der Waals surface area (Å²) in [6, 6.07) is 17.4. The lowest BCUT2D eigenvalue weighted by Crippen LogP contribution is -2.53. The van der Waals surface area contributed by atoms with Crippen LogP contribution in [0.2, 0.25) is 0 Å². The number of carbonyl (C=O) groups excluding carboxylic acids is 1. The molecule has 3 aliphatic rings. The van der Waals surface area contributed by atoms with E-state index in [1.54, 1.807) is 0 Å². The number of rotatable bonds is 2. The quantitative estimate of drug-likeness (QED) is 0.791. The molecule has 5 rings (SSSR count). The highest BCUT2D eigenvalue weighted by atomic mass is 16.2. The van der Waals surface area contributed by atoms with Gasteiger partial charge in [-0.2, -0.15) is 0 Å². The maximum absolute atomic E-state index is 13.6. The van der Waals surface area contributed by atoms with E-state index in [2.05, 4.69) is 46.3 Å². The van der Waals surface area contributed by atoms with Crippen LogP contribution >= 0.6 is 0 Å². The molecule has 1 saturated heterocycles. The molecule has 0 unspecified atom stereocenters. The van der Waals surface area contributed by atoms with Crippen LogP contribution in [0.3, 0.4) is 0 Å². The molecule has 1 amide bonds. The molecule has 3 atom stereocenters. The lowest BCUT2D eigenvalue weighted by molar-refractivity contribution is 0.0318. The second-order valence-electron chi connectivity index (χ2n) is 8.43. The summed E-state index contributed by atoms with van der Waals surface area (Å²) in [5.74, 6) is 1.39. The molecular formula is C25H28N2O. The molecule has 3 heteroatoms. The zero-order valence-electron chi connectivity index (χ0n) is 16.4. The SMILES string of the molecule is O=C(c1cccc2c1=CCCN=2)N1CC[C@H](c2ccccc2)[C@H]2CCCC[C@H]21. The Hall–Kier alpha value is -2.42. The van der Waals surface area contributed by atoms with Crippen LogP contribution in [-0.2, 0) is 0 Å². The van der Waals surface area contributed by atoms with Crippen molar-refractivity contribution in [2.24, 2.45) is 10.9 Å². The van der Waals surface area contributed by atoms with Gasteiger partial charge in [0.2, 0.25) is 0 Å². The van der Waals surface area contributed by atoms with E-state index in [-0.39, 0.29) is 5.91 Å². The fourth-order valence-electron chi connectivity index (χ4n) is 5.66. The Morgan fingerprint density at radius 3 is 2.71 bits per heavy atom. The van der Waals surface area contributed by atoms with E-state index in [0.29, 0.717) is 17.9 Å². The van der Waals surface area contributed by atoms with Crippen LogP contribution in [0.15, 0.2) is 53.5 Å². The molecular weight excluding hydrogens is 344 g/mol. The Morgan fingerprint density at radius 2 is 1.82 bits per heavy atom. The highest BCUT2D eigenvalue weighted by molar-refractivity contribution is 5.95. The average Bonchev–Trinajstić information content (AvgIpc) is 2.78. The Bertz CT molecular complexity index is 981. The molecule has 0 aromatic heterocycles. The van der Waals surface area contributed by atoms with Gasteiger partial charge < -0.3 is 4.90 Å². The predicted molar refractivity (Wildman–Crippen MR) is 112 cm³/mol. The second-order valence-corrected chi connectivity index (χ2v) is 8.43. The molecule has 2 heterocycles. The van der Waals surface area contributed by atoms with Crippen molar-refractivity contribution >= 4 is 12.0 Å². The van der Waals surface area contributed by atoms with Gasteiger partial charge in [0.05, 0.1) is 5.36 Å². The number of carbonyl (C=O) groups is 1. The molecule has 0 N–H and O–H groups in total. The number of benzene rings is 2. The molecule has 2 fully saturated rings. The van der Waals surface area contributed by atoms with E-state index in [9.17, 15) is 4.79 Å². The number of hydrogen-bond acceptors (Lipinski definition) is 2. The van der Waals surface area contributed by atoms with Crippen molar-refractivity contribution < 1.29 is 4.79 Å². The van der Waals surface area contributed by atoms with Crippen molar-refractivity contribution in [3.05, 3.63) is 70.2 Å². The molecule has 2 aliphatic heterocycles. The van der Waals surface area contributed by atoms with Gasteiger partial charge in [-0.3, -0.25) is 9.79 Å². The van der Waals surface area contributed by atoms with E-state index in [1.807, 2.05) is 18.2 Å². The first-order valence-electron chi connectivity index (χ1n) is 10.8. The van der Waals surface area contributed by atoms with Crippen molar-refractivity contribution in [3.8, 4) is 0 Å². The summed E-state index contributed by atoms with van der Waals surface area (Å²) in [5, 5.41) is 2.03. The third-order valence-corrected chi connectivity index (χ3v) is 6.94. The molecule has 1 aliphatic carbocycles. The van der Waals surface area contributed by atoms with E-state index in [4.69, 9.17) is 0 Å². The van der Waals surface area contributed by atoms with Gasteiger partial charge in [0, 0.05) is 29.9 Å². The zero-order chi connectivity index (χ0) is 18.9. The van der Waals surface area contributed by atoms with Crippen molar-refractivity contribution in [2.45, 2.75) is 50.5 Å². The Balaban J connectivity index is 1.48. The van der Waals surface area contributed by atoms with Gasteiger partial charge in [-0.1, -0.05) is 55.3 Å². The lowest BCUT2D eigenvalue weighted by Gasteiger charge is -2.48. The normalized spacial score (nSPS) is 26.4. The molecule has 144 valence electrons. The van der Waals surface area contributed by atoms with Crippen LogP contribution < -0.4 is 10.6 Å². The summed E-state index contributed by atoms with van der Waals surface area (Å²) in [4.78, 5) is 20.5. The molecule has 0 spiro atoms. The summed E-state index contributed by atoms with van der Waals surface area (Å²) in [6.45, 7) is 1.69. The zero-order valence-corrected chi connectivity index (χ0v) is 16.4. The fraction of sp³-hybridized carbons (Fsp3) is 0.440. The third-order valence-electron chi connectivity index (χ3n) is 6.94. The number of likely N-dealkylation sites (tertiary alicyclic amines) is 1. The summed E-state index contributed by atoms with van der Waals surface area (Å²) in [7, 11) is 0. The van der Waals surface area contributed by atoms with Gasteiger partial charge in [-0.25, -0.2) is 0 Å². The number of hydrogen-bond donors (Lipinski definition) is 0. The molecule has 0 radical (unpaired) electrons.